The molecule has 2 N–H and O–H groups in total. The van der Waals surface area contributed by atoms with Crippen molar-refractivity contribution in [2.45, 2.75) is 6.42 Å². The molecule has 1 heterocycles. The van der Waals surface area contributed by atoms with E-state index >= 15 is 0 Å². The van der Waals surface area contributed by atoms with Gasteiger partial charge in [0.2, 0.25) is 5.91 Å². The molecular weight excluding hydrogens is 426 g/mol. The first-order chi connectivity index (χ1) is 11.1. The lowest BCUT2D eigenvalue weighted by atomic mass is 10.1. The summed E-state index contributed by atoms with van der Waals surface area (Å²) < 4.78 is 18.2. The molecule has 8 heteroatoms. The van der Waals surface area contributed by atoms with E-state index < -0.39 is 0 Å². The van der Waals surface area contributed by atoms with Crippen LogP contribution in [0.1, 0.15) is 6.42 Å². The molecule has 24 heavy (non-hydrogen) atoms. The molecule has 1 aliphatic heterocycles. The first kappa shape index (κ1) is 20.6. The normalized spacial score (nSPS) is 17.1. The molecule has 6 nitrogen and oxygen atoms in total. The van der Waals surface area contributed by atoms with E-state index in [1.807, 2.05) is 11.9 Å². The average molecular weight is 450 g/mol. The molecule has 2 rings (SSSR count). The monoisotopic (exact) mass is 450 g/mol. The number of halogens is 2. The van der Waals surface area contributed by atoms with Crippen LogP contribution in [0.3, 0.4) is 0 Å². The van der Waals surface area contributed by atoms with Crippen LogP contribution in [0, 0.1) is 11.7 Å². The number of hydrogen-bond acceptors (Lipinski definition) is 3. The van der Waals surface area contributed by atoms with Crippen LogP contribution < -0.4 is 10.6 Å². The highest BCUT2D eigenvalue weighted by Gasteiger charge is 2.19. The standard InChI is InChI=1S/C16H23FN4O2.HI/c1-18-16(21(2)10-12-7-8-23-11-12)19-9-15(22)20-14-5-3-13(17)4-6-14;/h3-6,12H,7-11H2,1-2H3,(H,18,19)(H,20,22);1H. The van der Waals surface area contributed by atoms with Crippen molar-refractivity contribution < 1.29 is 13.9 Å². The summed E-state index contributed by atoms with van der Waals surface area (Å²) >= 11 is 0. The minimum Gasteiger partial charge on any atom is -0.381 e. The number of nitrogens with zero attached hydrogens (tertiary/aromatic N) is 2. The van der Waals surface area contributed by atoms with Crippen molar-refractivity contribution in [1.82, 2.24) is 10.2 Å². The molecule has 0 spiro atoms. The quantitative estimate of drug-likeness (QED) is 0.409. The summed E-state index contributed by atoms with van der Waals surface area (Å²) in [6.07, 6.45) is 1.05. The third-order valence-electron chi connectivity index (χ3n) is 3.66. The van der Waals surface area contributed by atoms with Gasteiger partial charge in [0.25, 0.3) is 0 Å². The number of nitrogens with one attached hydrogen (secondary N) is 2. The summed E-state index contributed by atoms with van der Waals surface area (Å²) in [6.45, 7) is 2.51. The van der Waals surface area contributed by atoms with Crippen LogP contribution in [0.4, 0.5) is 10.1 Å². The van der Waals surface area contributed by atoms with Gasteiger partial charge in [0.05, 0.1) is 13.2 Å². The predicted octanol–water partition coefficient (Wildman–Crippen LogP) is 1.93. The Morgan fingerprint density at radius 3 is 2.71 bits per heavy atom. The second-order valence-electron chi connectivity index (χ2n) is 5.57. The second-order valence-corrected chi connectivity index (χ2v) is 5.57. The molecule has 1 fully saturated rings. The van der Waals surface area contributed by atoms with Crippen LogP contribution in [0.5, 0.6) is 0 Å². The van der Waals surface area contributed by atoms with Gasteiger partial charge < -0.3 is 20.3 Å². The Morgan fingerprint density at radius 1 is 1.42 bits per heavy atom. The van der Waals surface area contributed by atoms with Crippen LogP contribution in [0.15, 0.2) is 29.3 Å². The zero-order chi connectivity index (χ0) is 16.7. The van der Waals surface area contributed by atoms with E-state index in [0.717, 1.165) is 26.2 Å². The molecule has 134 valence electrons. The fourth-order valence-electron chi connectivity index (χ4n) is 2.48. The molecule has 1 atom stereocenters. The lowest BCUT2D eigenvalue weighted by Crippen LogP contribution is -2.44. The summed E-state index contributed by atoms with van der Waals surface area (Å²) in [7, 11) is 3.62. The number of amides is 1. The lowest BCUT2D eigenvalue weighted by molar-refractivity contribution is -0.115. The minimum absolute atomic E-state index is 0. The molecule has 1 aromatic carbocycles. The van der Waals surface area contributed by atoms with E-state index in [1.165, 1.54) is 24.3 Å². The molecule has 1 saturated heterocycles. The molecule has 1 amide bonds. The van der Waals surface area contributed by atoms with Gasteiger partial charge in [0, 0.05) is 38.9 Å². The topological polar surface area (TPSA) is 66.0 Å². The maximum atomic E-state index is 12.8. The minimum atomic E-state index is -0.334. The molecule has 1 unspecified atom stereocenters. The number of rotatable bonds is 5. The summed E-state index contributed by atoms with van der Waals surface area (Å²) in [6, 6.07) is 5.65. The first-order valence-corrected chi connectivity index (χ1v) is 7.63. The highest BCUT2D eigenvalue weighted by atomic mass is 127. The molecule has 1 aliphatic rings. The third kappa shape index (κ3) is 6.60. The number of carbonyl (C=O) groups excluding carboxylic acids is 1. The number of anilines is 1. The summed E-state index contributed by atoms with van der Waals surface area (Å²) in [5.41, 5.74) is 0.560. The summed E-state index contributed by atoms with van der Waals surface area (Å²) in [5.74, 6) is 0.604. The fraction of sp³-hybridized carbons (Fsp3) is 0.500. The molecular formula is C16H24FIN4O2. The van der Waals surface area contributed by atoms with Crippen molar-refractivity contribution in [3.8, 4) is 0 Å². The van der Waals surface area contributed by atoms with Crippen LogP contribution in [-0.4, -0.2) is 57.2 Å². The molecule has 0 aliphatic carbocycles. The molecule has 1 aromatic rings. The summed E-state index contributed by atoms with van der Waals surface area (Å²) in [4.78, 5) is 18.1. The number of aliphatic imine (C=N–C) groups is 1. The van der Waals surface area contributed by atoms with Gasteiger partial charge in [0.15, 0.2) is 5.96 Å². The molecule has 0 aromatic heterocycles. The van der Waals surface area contributed by atoms with E-state index in [-0.39, 0.29) is 42.2 Å². The van der Waals surface area contributed by atoms with Crippen LogP contribution in [0.2, 0.25) is 0 Å². The van der Waals surface area contributed by atoms with Gasteiger partial charge in [-0.3, -0.25) is 9.79 Å². The van der Waals surface area contributed by atoms with E-state index in [2.05, 4.69) is 15.6 Å². The SMILES string of the molecule is CN=C(NCC(=O)Nc1ccc(F)cc1)N(C)CC1CCOC1.I. The van der Waals surface area contributed by atoms with Crippen molar-refractivity contribution in [1.29, 1.82) is 0 Å². The smallest absolute Gasteiger partial charge is 0.243 e. The van der Waals surface area contributed by atoms with Crippen molar-refractivity contribution in [2.24, 2.45) is 10.9 Å². The number of hydrogen-bond donors (Lipinski definition) is 2. The fourth-order valence-corrected chi connectivity index (χ4v) is 2.48. The Hall–Kier alpha value is -1.42. The van der Waals surface area contributed by atoms with Gasteiger partial charge >= 0.3 is 0 Å². The Balaban J connectivity index is 0.00000288. The van der Waals surface area contributed by atoms with Crippen molar-refractivity contribution in [3.63, 3.8) is 0 Å². The Morgan fingerprint density at radius 2 is 2.12 bits per heavy atom. The Labute approximate surface area is 158 Å². The maximum absolute atomic E-state index is 12.8. The van der Waals surface area contributed by atoms with Crippen LogP contribution >= 0.6 is 24.0 Å². The molecule has 0 radical (unpaired) electrons. The van der Waals surface area contributed by atoms with Gasteiger partial charge in [-0.2, -0.15) is 0 Å². The maximum Gasteiger partial charge on any atom is 0.243 e. The first-order valence-electron chi connectivity index (χ1n) is 7.63. The molecule has 0 bridgehead atoms. The number of guanidine groups is 1. The number of carbonyl (C=O) groups is 1. The highest BCUT2D eigenvalue weighted by molar-refractivity contribution is 14.0. The van der Waals surface area contributed by atoms with Gasteiger partial charge in [-0.15, -0.1) is 24.0 Å². The van der Waals surface area contributed by atoms with E-state index in [4.69, 9.17) is 4.74 Å². The highest BCUT2D eigenvalue weighted by Crippen LogP contribution is 2.13. The van der Waals surface area contributed by atoms with Crippen molar-refractivity contribution >= 4 is 41.5 Å². The van der Waals surface area contributed by atoms with Crippen LogP contribution in [0.25, 0.3) is 0 Å². The second kappa shape index (κ2) is 10.4. The summed E-state index contributed by atoms with van der Waals surface area (Å²) in [5, 5.41) is 5.72. The predicted molar refractivity (Wildman–Crippen MR) is 103 cm³/mol. The van der Waals surface area contributed by atoms with Crippen LogP contribution in [-0.2, 0) is 9.53 Å². The Bertz CT molecular complexity index is 548. The number of benzene rings is 1. The zero-order valence-corrected chi connectivity index (χ0v) is 16.2. The van der Waals surface area contributed by atoms with Gasteiger partial charge in [-0.25, -0.2) is 4.39 Å². The molecule has 0 saturated carbocycles. The van der Waals surface area contributed by atoms with Gasteiger partial charge in [-0.1, -0.05) is 0 Å². The van der Waals surface area contributed by atoms with Gasteiger partial charge in [-0.05, 0) is 30.7 Å². The average Bonchev–Trinajstić information content (AvgIpc) is 3.03. The van der Waals surface area contributed by atoms with E-state index in [9.17, 15) is 9.18 Å². The van der Waals surface area contributed by atoms with E-state index in [1.54, 1.807) is 7.05 Å². The lowest BCUT2D eigenvalue weighted by Gasteiger charge is -2.24. The largest absolute Gasteiger partial charge is 0.381 e. The van der Waals surface area contributed by atoms with Crippen molar-refractivity contribution in [2.75, 3.05) is 45.7 Å². The third-order valence-corrected chi connectivity index (χ3v) is 3.66. The van der Waals surface area contributed by atoms with Crippen molar-refractivity contribution in [3.05, 3.63) is 30.1 Å². The van der Waals surface area contributed by atoms with Gasteiger partial charge in [0.1, 0.15) is 5.82 Å². The zero-order valence-electron chi connectivity index (χ0n) is 13.9. The Kier molecular flexibility index (Phi) is 8.98. The van der Waals surface area contributed by atoms with E-state index in [0.29, 0.717) is 17.6 Å². The number of ether oxygens (including phenoxy) is 1.